The largest absolute Gasteiger partial charge is 0.463 e. The topological polar surface area (TPSA) is 53.9 Å². The Hall–Kier alpha value is -1.31. The Morgan fingerprint density at radius 3 is 2.72 bits per heavy atom. The van der Waals surface area contributed by atoms with Gasteiger partial charge in [0.05, 0.1) is 19.1 Å². The number of nitrogens with zero attached hydrogens (tertiary/aromatic N) is 2. The number of hydrogen-bond acceptors (Lipinski definition) is 3. The lowest BCUT2D eigenvalue weighted by Crippen LogP contribution is -2.40. The molecule has 140 valence electrons. The Balaban J connectivity index is 0.00000312. The molecule has 1 fully saturated rings. The molecule has 1 aliphatic heterocycles. The van der Waals surface area contributed by atoms with Crippen LogP contribution in [0, 0.1) is 0 Å². The maximum Gasteiger partial charge on any atom is 0.307 e. The summed E-state index contributed by atoms with van der Waals surface area (Å²) in [6.07, 6.45) is 1.38. The number of halogens is 1. The van der Waals surface area contributed by atoms with Gasteiger partial charge in [0.25, 0.3) is 0 Å². The van der Waals surface area contributed by atoms with Crippen molar-refractivity contribution in [1.29, 1.82) is 0 Å². The normalized spacial score (nSPS) is 17.4. The lowest BCUT2D eigenvalue weighted by Gasteiger charge is -2.21. The highest BCUT2D eigenvalue weighted by Crippen LogP contribution is 2.26. The van der Waals surface area contributed by atoms with E-state index in [1.54, 1.807) is 0 Å². The third-order valence-electron chi connectivity index (χ3n) is 4.04. The number of ether oxygens (including phenoxy) is 1. The number of aliphatic imine (C=N–C) groups is 1. The highest BCUT2D eigenvalue weighted by Gasteiger charge is 2.25. The maximum atomic E-state index is 11.6. The zero-order valence-electron chi connectivity index (χ0n) is 15.4. The minimum atomic E-state index is -0.187. The summed E-state index contributed by atoms with van der Waals surface area (Å²) < 4.78 is 5.15. The van der Waals surface area contributed by atoms with Gasteiger partial charge in [-0.15, -0.1) is 24.0 Å². The Morgan fingerprint density at radius 2 is 2.08 bits per heavy atom. The maximum absolute atomic E-state index is 11.6. The van der Waals surface area contributed by atoms with Crippen LogP contribution in [0.5, 0.6) is 0 Å². The van der Waals surface area contributed by atoms with E-state index in [9.17, 15) is 4.79 Å². The fraction of sp³-hybridized carbons (Fsp3) is 0.579. The predicted molar refractivity (Wildman–Crippen MR) is 113 cm³/mol. The predicted octanol–water partition coefficient (Wildman–Crippen LogP) is 3.40. The fourth-order valence-electron chi connectivity index (χ4n) is 2.95. The highest BCUT2D eigenvalue weighted by atomic mass is 127. The number of benzene rings is 1. The number of hydrogen-bond donors (Lipinski definition) is 1. The van der Waals surface area contributed by atoms with Crippen LogP contribution in [0.2, 0.25) is 0 Å². The van der Waals surface area contributed by atoms with Crippen molar-refractivity contribution >= 4 is 35.9 Å². The molecule has 1 N–H and O–H groups in total. The van der Waals surface area contributed by atoms with Gasteiger partial charge in [0.1, 0.15) is 0 Å². The summed E-state index contributed by atoms with van der Waals surface area (Å²) in [5, 5.41) is 3.33. The van der Waals surface area contributed by atoms with Crippen molar-refractivity contribution in [2.75, 3.05) is 26.2 Å². The first kappa shape index (κ1) is 21.7. The number of guanidine groups is 1. The average Bonchev–Trinajstić information content (AvgIpc) is 3.04. The van der Waals surface area contributed by atoms with Crippen LogP contribution in [0.25, 0.3) is 0 Å². The summed E-state index contributed by atoms with van der Waals surface area (Å²) in [6, 6.07) is 10.6. The van der Waals surface area contributed by atoms with Gasteiger partial charge in [0.2, 0.25) is 0 Å². The summed E-state index contributed by atoms with van der Waals surface area (Å²) in [6.45, 7) is 9.02. The van der Waals surface area contributed by atoms with Gasteiger partial charge >= 0.3 is 5.97 Å². The number of esters is 1. The quantitative estimate of drug-likeness (QED) is 0.307. The monoisotopic (exact) mass is 459 g/mol. The molecule has 6 heteroatoms. The summed E-state index contributed by atoms with van der Waals surface area (Å²) in [5.74, 6) is 1.25. The van der Waals surface area contributed by atoms with Gasteiger partial charge in [-0.25, -0.2) is 0 Å². The van der Waals surface area contributed by atoms with Crippen molar-refractivity contribution in [3.05, 3.63) is 35.9 Å². The molecule has 0 aromatic heterocycles. The molecule has 5 nitrogen and oxygen atoms in total. The lowest BCUT2D eigenvalue weighted by molar-refractivity contribution is -0.147. The van der Waals surface area contributed by atoms with Gasteiger partial charge in [0, 0.05) is 25.6 Å². The standard InChI is InChI=1S/C19H29N3O2.HI/c1-4-20-19(21-12-10-18(23)24-15(2)3)22-13-11-17(14-22)16-8-6-5-7-9-16;/h5-9,15,17H,4,10-14H2,1-3H3,(H,20,21);1H. The highest BCUT2D eigenvalue weighted by molar-refractivity contribution is 14.0. The number of carbonyl (C=O) groups excluding carboxylic acids is 1. The molecular weight excluding hydrogens is 429 g/mol. The minimum absolute atomic E-state index is 0. The van der Waals surface area contributed by atoms with Gasteiger partial charge in [-0.05, 0) is 32.8 Å². The third-order valence-corrected chi connectivity index (χ3v) is 4.04. The van der Waals surface area contributed by atoms with Gasteiger partial charge in [-0.3, -0.25) is 9.79 Å². The summed E-state index contributed by atoms with van der Waals surface area (Å²) in [4.78, 5) is 18.5. The van der Waals surface area contributed by atoms with E-state index in [4.69, 9.17) is 4.74 Å². The second-order valence-electron chi connectivity index (χ2n) is 6.37. The number of nitrogens with one attached hydrogen (secondary N) is 1. The molecule has 1 aromatic carbocycles. The fourth-order valence-corrected chi connectivity index (χ4v) is 2.95. The molecule has 1 aromatic rings. The first-order valence-corrected chi connectivity index (χ1v) is 8.87. The number of likely N-dealkylation sites (tertiary alicyclic amines) is 1. The minimum Gasteiger partial charge on any atom is -0.463 e. The number of rotatable bonds is 6. The van der Waals surface area contributed by atoms with Crippen LogP contribution in [-0.2, 0) is 9.53 Å². The summed E-state index contributed by atoms with van der Waals surface area (Å²) in [7, 11) is 0. The summed E-state index contributed by atoms with van der Waals surface area (Å²) >= 11 is 0. The van der Waals surface area contributed by atoms with Crippen LogP contribution in [0.1, 0.15) is 45.1 Å². The Kier molecular flexibility index (Phi) is 9.85. The van der Waals surface area contributed by atoms with E-state index in [0.717, 1.165) is 32.0 Å². The molecule has 1 heterocycles. The zero-order valence-corrected chi connectivity index (χ0v) is 17.7. The van der Waals surface area contributed by atoms with Crippen LogP contribution < -0.4 is 5.32 Å². The molecule has 0 aliphatic carbocycles. The number of carbonyl (C=O) groups is 1. The SMILES string of the molecule is CCNC(=NCCC(=O)OC(C)C)N1CCC(c2ccccc2)C1.I. The third kappa shape index (κ3) is 7.22. The second kappa shape index (κ2) is 11.3. The van der Waals surface area contributed by atoms with Crippen LogP contribution in [-0.4, -0.2) is 49.1 Å². The van der Waals surface area contributed by atoms with E-state index in [2.05, 4.69) is 52.5 Å². The van der Waals surface area contributed by atoms with E-state index in [-0.39, 0.29) is 36.0 Å². The van der Waals surface area contributed by atoms with Gasteiger partial charge in [-0.1, -0.05) is 30.3 Å². The van der Waals surface area contributed by atoms with E-state index < -0.39 is 0 Å². The van der Waals surface area contributed by atoms with Crippen LogP contribution in [0.3, 0.4) is 0 Å². The lowest BCUT2D eigenvalue weighted by atomic mass is 9.99. The van der Waals surface area contributed by atoms with Crippen molar-refractivity contribution in [2.45, 2.75) is 45.6 Å². The molecule has 0 amide bonds. The van der Waals surface area contributed by atoms with Crippen LogP contribution in [0.4, 0.5) is 0 Å². The molecule has 1 aliphatic rings. The van der Waals surface area contributed by atoms with E-state index >= 15 is 0 Å². The zero-order chi connectivity index (χ0) is 17.4. The molecule has 1 saturated heterocycles. The van der Waals surface area contributed by atoms with E-state index in [1.807, 2.05) is 13.8 Å². The Morgan fingerprint density at radius 1 is 1.36 bits per heavy atom. The smallest absolute Gasteiger partial charge is 0.307 e. The average molecular weight is 459 g/mol. The first-order valence-electron chi connectivity index (χ1n) is 8.87. The molecule has 0 spiro atoms. The molecule has 0 saturated carbocycles. The van der Waals surface area contributed by atoms with Gasteiger partial charge < -0.3 is 15.0 Å². The Labute approximate surface area is 168 Å². The van der Waals surface area contributed by atoms with E-state index in [1.165, 1.54) is 5.56 Å². The molecule has 0 radical (unpaired) electrons. The van der Waals surface area contributed by atoms with Gasteiger partial charge in [-0.2, -0.15) is 0 Å². The summed E-state index contributed by atoms with van der Waals surface area (Å²) in [5.41, 5.74) is 1.39. The van der Waals surface area contributed by atoms with Crippen LogP contribution in [0.15, 0.2) is 35.3 Å². The Bertz CT molecular complexity index is 549. The van der Waals surface area contributed by atoms with Crippen molar-refractivity contribution in [3.63, 3.8) is 0 Å². The first-order chi connectivity index (χ1) is 11.6. The molecule has 2 rings (SSSR count). The molecule has 1 atom stereocenters. The molecule has 0 bridgehead atoms. The van der Waals surface area contributed by atoms with E-state index in [0.29, 0.717) is 18.9 Å². The molecular formula is C19H30IN3O2. The van der Waals surface area contributed by atoms with Gasteiger partial charge in [0.15, 0.2) is 5.96 Å². The second-order valence-corrected chi connectivity index (χ2v) is 6.37. The molecule has 25 heavy (non-hydrogen) atoms. The molecule has 1 unspecified atom stereocenters. The van der Waals surface area contributed by atoms with Crippen LogP contribution >= 0.6 is 24.0 Å². The van der Waals surface area contributed by atoms with Crippen molar-refractivity contribution in [3.8, 4) is 0 Å². The van der Waals surface area contributed by atoms with Crippen molar-refractivity contribution in [1.82, 2.24) is 10.2 Å². The van der Waals surface area contributed by atoms with Crippen molar-refractivity contribution < 1.29 is 9.53 Å². The van der Waals surface area contributed by atoms with Crippen molar-refractivity contribution in [2.24, 2.45) is 4.99 Å².